The van der Waals surface area contributed by atoms with Crippen LogP contribution in [0.1, 0.15) is 17.2 Å². The third-order valence-corrected chi connectivity index (χ3v) is 4.59. The van der Waals surface area contributed by atoms with Crippen LogP contribution in [0.5, 0.6) is 0 Å². The Hall–Kier alpha value is -0.100. The molecule has 2 aromatic carbocycles. The Labute approximate surface area is 141 Å². The van der Waals surface area contributed by atoms with E-state index in [1.807, 2.05) is 19.2 Å². The lowest BCUT2D eigenvalue weighted by atomic mass is 9.99. The van der Waals surface area contributed by atoms with Gasteiger partial charge in [0.05, 0.1) is 0 Å². The first-order chi connectivity index (χ1) is 9.10. The SMILES string of the molecule is CNC(Cc1ccc(I)cc1)c1cc(Br)ccc1Cl. The lowest BCUT2D eigenvalue weighted by molar-refractivity contribution is 0.592. The van der Waals surface area contributed by atoms with E-state index < -0.39 is 0 Å². The highest BCUT2D eigenvalue weighted by Gasteiger charge is 2.14. The van der Waals surface area contributed by atoms with Crippen LogP contribution in [0.4, 0.5) is 0 Å². The highest BCUT2D eigenvalue weighted by Crippen LogP contribution is 2.28. The molecule has 1 N–H and O–H groups in total. The second-order valence-electron chi connectivity index (χ2n) is 4.34. The Morgan fingerprint density at radius 3 is 2.53 bits per heavy atom. The topological polar surface area (TPSA) is 12.0 Å². The highest BCUT2D eigenvalue weighted by molar-refractivity contribution is 14.1. The van der Waals surface area contributed by atoms with E-state index in [9.17, 15) is 0 Å². The van der Waals surface area contributed by atoms with Crippen molar-refractivity contribution in [2.45, 2.75) is 12.5 Å². The molecule has 1 atom stereocenters. The summed E-state index contributed by atoms with van der Waals surface area (Å²) in [5.74, 6) is 0. The van der Waals surface area contributed by atoms with Crippen molar-refractivity contribution < 1.29 is 0 Å². The first-order valence-electron chi connectivity index (χ1n) is 5.97. The van der Waals surface area contributed by atoms with Crippen LogP contribution in [-0.4, -0.2) is 7.05 Å². The van der Waals surface area contributed by atoms with Crippen molar-refractivity contribution in [2.75, 3.05) is 7.05 Å². The third kappa shape index (κ3) is 4.18. The molecule has 0 aliphatic heterocycles. The van der Waals surface area contributed by atoms with E-state index in [0.717, 1.165) is 21.5 Å². The summed E-state index contributed by atoms with van der Waals surface area (Å²) >= 11 is 12.1. The van der Waals surface area contributed by atoms with Crippen LogP contribution in [0.15, 0.2) is 46.9 Å². The number of hydrogen-bond acceptors (Lipinski definition) is 1. The zero-order valence-corrected chi connectivity index (χ0v) is 15.0. The third-order valence-electron chi connectivity index (χ3n) is 3.04. The second-order valence-corrected chi connectivity index (χ2v) is 6.91. The van der Waals surface area contributed by atoms with Gasteiger partial charge < -0.3 is 5.32 Å². The fourth-order valence-electron chi connectivity index (χ4n) is 2.01. The molecule has 1 unspecified atom stereocenters. The van der Waals surface area contributed by atoms with Crippen molar-refractivity contribution in [3.8, 4) is 0 Å². The van der Waals surface area contributed by atoms with Crippen molar-refractivity contribution in [3.63, 3.8) is 0 Å². The van der Waals surface area contributed by atoms with Crippen molar-refractivity contribution in [2.24, 2.45) is 0 Å². The number of hydrogen-bond donors (Lipinski definition) is 1. The predicted molar refractivity (Wildman–Crippen MR) is 93.8 cm³/mol. The molecule has 0 spiro atoms. The molecular weight excluding hydrogens is 436 g/mol. The molecule has 0 aliphatic carbocycles. The quantitative estimate of drug-likeness (QED) is 0.631. The zero-order valence-electron chi connectivity index (χ0n) is 10.5. The number of benzene rings is 2. The van der Waals surface area contributed by atoms with Crippen molar-refractivity contribution in [1.29, 1.82) is 0 Å². The summed E-state index contributed by atoms with van der Waals surface area (Å²) in [4.78, 5) is 0. The molecular formula is C15H14BrClIN. The lowest BCUT2D eigenvalue weighted by Gasteiger charge is -2.18. The minimum atomic E-state index is 0.213. The van der Waals surface area contributed by atoms with Gasteiger partial charge in [-0.1, -0.05) is 39.7 Å². The van der Waals surface area contributed by atoms with E-state index in [0.29, 0.717) is 0 Å². The van der Waals surface area contributed by atoms with Gasteiger partial charge in [0.2, 0.25) is 0 Å². The van der Waals surface area contributed by atoms with Crippen LogP contribution >= 0.6 is 50.1 Å². The van der Waals surface area contributed by atoms with Gasteiger partial charge >= 0.3 is 0 Å². The molecule has 0 radical (unpaired) electrons. The van der Waals surface area contributed by atoms with Gasteiger partial charge in [0.1, 0.15) is 0 Å². The fraction of sp³-hybridized carbons (Fsp3) is 0.200. The minimum Gasteiger partial charge on any atom is -0.313 e. The highest BCUT2D eigenvalue weighted by atomic mass is 127. The Morgan fingerprint density at radius 2 is 1.89 bits per heavy atom. The molecule has 0 amide bonds. The first-order valence-corrected chi connectivity index (χ1v) is 8.22. The summed E-state index contributed by atoms with van der Waals surface area (Å²) in [5, 5.41) is 4.14. The molecule has 100 valence electrons. The smallest absolute Gasteiger partial charge is 0.0454 e. The van der Waals surface area contributed by atoms with E-state index in [4.69, 9.17) is 11.6 Å². The van der Waals surface area contributed by atoms with Crippen LogP contribution in [0.2, 0.25) is 5.02 Å². The summed E-state index contributed by atoms with van der Waals surface area (Å²) in [6.45, 7) is 0. The van der Waals surface area contributed by atoms with E-state index in [1.165, 1.54) is 9.13 Å². The molecule has 19 heavy (non-hydrogen) atoms. The van der Waals surface area contributed by atoms with Gasteiger partial charge in [0.15, 0.2) is 0 Å². The van der Waals surface area contributed by atoms with Crippen LogP contribution in [0.3, 0.4) is 0 Å². The van der Waals surface area contributed by atoms with E-state index >= 15 is 0 Å². The average Bonchev–Trinajstić information content (AvgIpc) is 2.41. The molecule has 0 fully saturated rings. The van der Waals surface area contributed by atoms with Crippen LogP contribution in [0, 0.1) is 3.57 Å². The monoisotopic (exact) mass is 449 g/mol. The maximum absolute atomic E-state index is 6.30. The van der Waals surface area contributed by atoms with E-state index in [1.54, 1.807) is 0 Å². The van der Waals surface area contributed by atoms with E-state index in [2.05, 4.69) is 74.2 Å². The van der Waals surface area contributed by atoms with Crippen LogP contribution < -0.4 is 5.32 Å². The van der Waals surface area contributed by atoms with Gasteiger partial charge in [-0.2, -0.15) is 0 Å². The molecule has 4 heteroatoms. The van der Waals surface area contributed by atoms with Crippen molar-refractivity contribution in [1.82, 2.24) is 5.32 Å². The maximum atomic E-state index is 6.30. The standard InChI is InChI=1S/C15H14BrClIN/c1-19-15(8-10-2-5-12(18)6-3-10)13-9-11(16)4-7-14(13)17/h2-7,9,15,19H,8H2,1H3. The maximum Gasteiger partial charge on any atom is 0.0454 e. The normalized spacial score (nSPS) is 12.4. The van der Waals surface area contributed by atoms with Crippen LogP contribution in [-0.2, 0) is 6.42 Å². The average molecular weight is 451 g/mol. The molecule has 1 nitrogen and oxygen atoms in total. The zero-order chi connectivity index (χ0) is 13.8. The summed E-state index contributed by atoms with van der Waals surface area (Å²) in [6, 6.07) is 14.8. The van der Waals surface area contributed by atoms with Gasteiger partial charge in [-0.15, -0.1) is 0 Å². The Morgan fingerprint density at radius 1 is 1.21 bits per heavy atom. The minimum absolute atomic E-state index is 0.213. The van der Waals surface area contributed by atoms with Crippen molar-refractivity contribution >= 4 is 50.1 Å². The number of rotatable bonds is 4. The largest absolute Gasteiger partial charge is 0.313 e. The summed E-state index contributed by atoms with van der Waals surface area (Å²) in [6.07, 6.45) is 0.920. The number of likely N-dealkylation sites (N-methyl/N-ethyl adjacent to an activating group) is 1. The molecule has 0 saturated carbocycles. The second kappa shape index (κ2) is 7.07. The van der Waals surface area contributed by atoms with Gasteiger partial charge in [-0.25, -0.2) is 0 Å². The molecule has 0 saturated heterocycles. The van der Waals surface area contributed by atoms with Gasteiger partial charge in [0, 0.05) is 19.1 Å². The van der Waals surface area contributed by atoms with E-state index in [-0.39, 0.29) is 6.04 Å². The molecule has 0 heterocycles. The summed E-state index contributed by atoms with van der Waals surface area (Å²) in [5.41, 5.74) is 2.42. The van der Waals surface area contributed by atoms with Gasteiger partial charge in [-0.05, 0) is 77.5 Å². The Kier molecular flexibility index (Phi) is 5.69. The number of nitrogens with one attached hydrogen (secondary N) is 1. The number of halogens is 3. The van der Waals surface area contributed by atoms with Gasteiger partial charge in [-0.3, -0.25) is 0 Å². The molecule has 0 aromatic heterocycles. The Bertz CT molecular complexity index is 557. The fourth-order valence-corrected chi connectivity index (χ4v) is 2.99. The first kappa shape index (κ1) is 15.3. The predicted octanol–water partition coefficient (Wildman–Crippen LogP) is 5.21. The summed E-state index contributed by atoms with van der Waals surface area (Å²) < 4.78 is 2.30. The van der Waals surface area contributed by atoms with Crippen molar-refractivity contribution in [3.05, 3.63) is 66.7 Å². The summed E-state index contributed by atoms with van der Waals surface area (Å²) in [7, 11) is 1.97. The Balaban J connectivity index is 2.24. The molecule has 0 aliphatic rings. The molecule has 0 bridgehead atoms. The molecule has 2 aromatic rings. The lowest BCUT2D eigenvalue weighted by Crippen LogP contribution is -2.19. The van der Waals surface area contributed by atoms with Crippen LogP contribution in [0.25, 0.3) is 0 Å². The van der Waals surface area contributed by atoms with Gasteiger partial charge in [0.25, 0.3) is 0 Å². The molecule has 2 rings (SSSR count).